The molecule has 0 aromatic carbocycles. The second-order valence-corrected chi connectivity index (χ2v) is 5.16. The van der Waals surface area contributed by atoms with Crippen LogP contribution in [0, 0.1) is 5.41 Å². The van der Waals surface area contributed by atoms with Gasteiger partial charge in [-0.25, -0.2) is 9.97 Å². The predicted octanol–water partition coefficient (Wildman–Crippen LogP) is 2.12. The Morgan fingerprint density at radius 2 is 1.89 bits per heavy atom. The van der Waals surface area contributed by atoms with E-state index in [0.29, 0.717) is 6.54 Å². The van der Waals surface area contributed by atoms with Gasteiger partial charge in [0.15, 0.2) is 0 Å². The fourth-order valence-corrected chi connectivity index (χ4v) is 1.30. The van der Waals surface area contributed by atoms with Crippen LogP contribution >= 0.6 is 0 Å². The quantitative estimate of drug-likeness (QED) is 0.618. The third kappa shape index (κ3) is 5.31. The normalized spacial score (nSPS) is 11.3. The van der Waals surface area contributed by atoms with Gasteiger partial charge in [0, 0.05) is 25.8 Å². The average Bonchev–Trinajstić information content (AvgIpc) is 2.38. The van der Waals surface area contributed by atoms with E-state index in [-0.39, 0.29) is 12.0 Å². The molecule has 0 unspecified atom stereocenters. The van der Waals surface area contributed by atoms with Crippen LogP contribution in [0.2, 0.25) is 0 Å². The maximum atomic E-state index is 8.71. The molecule has 3 N–H and O–H groups in total. The van der Waals surface area contributed by atoms with Crippen LogP contribution in [0.5, 0.6) is 0 Å². The van der Waals surface area contributed by atoms with Gasteiger partial charge in [0.1, 0.15) is 18.0 Å². The Hall–Kier alpha value is -1.36. The molecule has 102 valence electrons. The van der Waals surface area contributed by atoms with E-state index < -0.39 is 0 Å². The molecule has 1 aromatic heterocycles. The summed E-state index contributed by atoms with van der Waals surface area (Å²) < 4.78 is 0. The second-order valence-electron chi connectivity index (χ2n) is 5.16. The zero-order valence-electron chi connectivity index (χ0n) is 11.5. The number of hydrogen-bond acceptors (Lipinski definition) is 5. The maximum absolute atomic E-state index is 8.71. The third-order valence-electron chi connectivity index (χ3n) is 3.01. The maximum Gasteiger partial charge on any atom is 0.131 e. The van der Waals surface area contributed by atoms with Crippen LogP contribution in [0.15, 0.2) is 12.4 Å². The van der Waals surface area contributed by atoms with E-state index in [1.54, 1.807) is 6.33 Å². The topological polar surface area (TPSA) is 70.1 Å². The Kier molecular flexibility index (Phi) is 5.85. The summed E-state index contributed by atoms with van der Waals surface area (Å²) in [7, 11) is 0. The van der Waals surface area contributed by atoms with E-state index in [9.17, 15) is 0 Å². The summed E-state index contributed by atoms with van der Waals surface area (Å²) in [5, 5.41) is 15.2. The number of anilines is 2. The number of aliphatic hydroxyl groups excluding tert-OH is 1. The SMILES string of the molecule is CCC(C)(C)CNc1cc(NCCCO)ncn1. The van der Waals surface area contributed by atoms with E-state index >= 15 is 0 Å². The molecule has 0 radical (unpaired) electrons. The molecule has 5 nitrogen and oxygen atoms in total. The highest BCUT2D eigenvalue weighted by Crippen LogP contribution is 2.20. The van der Waals surface area contributed by atoms with Gasteiger partial charge in [-0.2, -0.15) is 0 Å². The Morgan fingerprint density at radius 3 is 2.50 bits per heavy atom. The van der Waals surface area contributed by atoms with Crippen molar-refractivity contribution in [2.45, 2.75) is 33.6 Å². The van der Waals surface area contributed by atoms with Crippen LogP contribution in [0.25, 0.3) is 0 Å². The van der Waals surface area contributed by atoms with E-state index in [4.69, 9.17) is 5.11 Å². The number of aliphatic hydroxyl groups is 1. The van der Waals surface area contributed by atoms with Crippen molar-refractivity contribution >= 4 is 11.6 Å². The van der Waals surface area contributed by atoms with Crippen molar-refractivity contribution < 1.29 is 5.11 Å². The molecule has 0 saturated carbocycles. The Labute approximate surface area is 109 Å². The van der Waals surface area contributed by atoms with Gasteiger partial charge in [-0.05, 0) is 18.3 Å². The van der Waals surface area contributed by atoms with Gasteiger partial charge in [-0.15, -0.1) is 0 Å². The van der Waals surface area contributed by atoms with Crippen molar-refractivity contribution in [3.8, 4) is 0 Å². The summed E-state index contributed by atoms with van der Waals surface area (Å²) in [6.45, 7) is 8.42. The molecule has 1 rings (SSSR count). The first-order valence-electron chi connectivity index (χ1n) is 6.48. The minimum absolute atomic E-state index is 0.188. The lowest BCUT2D eigenvalue weighted by molar-refractivity contribution is 0.292. The monoisotopic (exact) mass is 252 g/mol. The van der Waals surface area contributed by atoms with Crippen LogP contribution < -0.4 is 10.6 Å². The van der Waals surface area contributed by atoms with Crippen molar-refractivity contribution in [3.63, 3.8) is 0 Å². The molecule has 1 aromatic rings. The minimum Gasteiger partial charge on any atom is -0.396 e. The fraction of sp³-hybridized carbons (Fsp3) is 0.692. The molecule has 0 amide bonds. The summed E-state index contributed by atoms with van der Waals surface area (Å²) in [4.78, 5) is 8.33. The van der Waals surface area contributed by atoms with E-state index in [0.717, 1.165) is 31.0 Å². The van der Waals surface area contributed by atoms with E-state index in [1.165, 1.54) is 0 Å². The van der Waals surface area contributed by atoms with Crippen LogP contribution in [0.4, 0.5) is 11.6 Å². The first-order valence-corrected chi connectivity index (χ1v) is 6.48. The average molecular weight is 252 g/mol. The highest BCUT2D eigenvalue weighted by molar-refractivity contribution is 5.46. The van der Waals surface area contributed by atoms with Gasteiger partial charge < -0.3 is 15.7 Å². The summed E-state index contributed by atoms with van der Waals surface area (Å²) >= 11 is 0. The zero-order valence-corrected chi connectivity index (χ0v) is 11.5. The van der Waals surface area contributed by atoms with Crippen LogP contribution in [0.1, 0.15) is 33.6 Å². The molecule has 0 aliphatic rings. The lowest BCUT2D eigenvalue weighted by Gasteiger charge is -2.23. The van der Waals surface area contributed by atoms with Crippen molar-refractivity contribution in [2.75, 3.05) is 30.3 Å². The summed E-state index contributed by atoms with van der Waals surface area (Å²) in [6, 6.07) is 1.89. The van der Waals surface area contributed by atoms with E-state index in [2.05, 4.69) is 41.4 Å². The summed E-state index contributed by atoms with van der Waals surface area (Å²) in [6.07, 6.45) is 3.38. The number of nitrogens with one attached hydrogen (secondary N) is 2. The van der Waals surface area contributed by atoms with Crippen molar-refractivity contribution in [1.29, 1.82) is 0 Å². The van der Waals surface area contributed by atoms with Gasteiger partial charge >= 0.3 is 0 Å². The smallest absolute Gasteiger partial charge is 0.131 e. The Balaban J connectivity index is 2.49. The molecule has 18 heavy (non-hydrogen) atoms. The molecule has 0 atom stereocenters. The standard InChI is InChI=1S/C13H24N4O/c1-4-13(2,3)9-15-12-8-11(16-10-17-12)14-6-5-7-18/h8,10,18H,4-7,9H2,1-3H3,(H2,14,15,16,17). The van der Waals surface area contributed by atoms with Gasteiger partial charge in [-0.1, -0.05) is 20.8 Å². The highest BCUT2D eigenvalue weighted by Gasteiger charge is 2.14. The molecule has 5 heteroatoms. The number of rotatable bonds is 8. The molecule has 0 fully saturated rings. The van der Waals surface area contributed by atoms with Gasteiger partial charge in [0.05, 0.1) is 0 Å². The second kappa shape index (κ2) is 7.16. The molecule has 0 bridgehead atoms. The van der Waals surface area contributed by atoms with Crippen LogP contribution in [-0.4, -0.2) is 34.8 Å². The van der Waals surface area contributed by atoms with Crippen molar-refractivity contribution in [3.05, 3.63) is 12.4 Å². The fourth-order valence-electron chi connectivity index (χ4n) is 1.30. The zero-order chi connectivity index (χ0) is 13.4. The molecule has 1 heterocycles. The number of hydrogen-bond donors (Lipinski definition) is 3. The Bertz CT molecular complexity index is 355. The van der Waals surface area contributed by atoms with Gasteiger partial charge in [-0.3, -0.25) is 0 Å². The minimum atomic E-state index is 0.188. The molecular weight excluding hydrogens is 228 g/mol. The van der Waals surface area contributed by atoms with Crippen molar-refractivity contribution in [1.82, 2.24) is 9.97 Å². The van der Waals surface area contributed by atoms with Crippen LogP contribution in [-0.2, 0) is 0 Å². The number of aromatic nitrogens is 2. The molecular formula is C13H24N4O. The molecule has 0 saturated heterocycles. The largest absolute Gasteiger partial charge is 0.396 e. The lowest BCUT2D eigenvalue weighted by Crippen LogP contribution is -2.22. The third-order valence-corrected chi connectivity index (χ3v) is 3.01. The van der Waals surface area contributed by atoms with Gasteiger partial charge in [0.2, 0.25) is 0 Å². The summed E-state index contributed by atoms with van der Waals surface area (Å²) in [5.41, 5.74) is 0.259. The molecule has 0 aliphatic heterocycles. The highest BCUT2D eigenvalue weighted by atomic mass is 16.3. The first-order chi connectivity index (χ1) is 8.57. The van der Waals surface area contributed by atoms with Crippen molar-refractivity contribution in [2.24, 2.45) is 5.41 Å². The predicted molar refractivity (Wildman–Crippen MR) is 74.8 cm³/mol. The Morgan fingerprint density at radius 1 is 1.22 bits per heavy atom. The first kappa shape index (κ1) is 14.7. The number of nitrogens with zero attached hydrogens (tertiary/aromatic N) is 2. The molecule has 0 spiro atoms. The lowest BCUT2D eigenvalue weighted by atomic mass is 9.90. The van der Waals surface area contributed by atoms with Crippen LogP contribution in [0.3, 0.4) is 0 Å². The summed E-state index contributed by atoms with van der Waals surface area (Å²) in [5.74, 6) is 1.62. The van der Waals surface area contributed by atoms with E-state index in [1.807, 2.05) is 6.07 Å². The molecule has 0 aliphatic carbocycles. The van der Waals surface area contributed by atoms with Gasteiger partial charge in [0.25, 0.3) is 0 Å².